The van der Waals surface area contributed by atoms with Crippen LogP contribution in [0.2, 0.25) is 0 Å². The SMILES string of the molecule is CC1(C)CCC(C#N)(C(O)c2ccoc2)CC1. The van der Waals surface area contributed by atoms with Gasteiger partial charge in [-0.15, -0.1) is 0 Å². The lowest BCUT2D eigenvalue weighted by Gasteiger charge is -2.41. The van der Waals surface area contributed by atoms with Crippen LogP contribution in [0.15, 0.2) is 23.0 Å². The Morgan fingerprint density at radius 3 is 2.47 bits per heavy atom. The van der Waals surface area contributed by atoms with Gasteiger partial charge in [-0.2, -0.15) is 5.26 Å². The van der Waals surface area contributed by atoms with Gasteiger partial charge >= 0.3 is 0 Å². The molecule has 1 heterocycles. The molecule has 3 nitrogen and oxygen atoms in total. The third-order valence-corrected chi connectivity index (χ3v) is 4.10. The molecule has 0 spiro atoms. The number of aliphatic hydroxyl groups is 1. The van der Waals surface area contributed by atoms with Gasteiger partial charge in [-0.3, -0.25) is 0 Å². The van der Waals surface area contributed by atoms with Crippen molar-refractivity contribution in [1.82, 2.24) is 0 Å². The normalized spacial score (nSPS) is 23.9. The molecule has 1 saturated carbocycles. The summed E-state index contributed by atoms with van der Waals surface area (Å²) in [6.07, 6.45) is 5.80. The van der Waals surface area contributed by atoms with Crippen molar-refractivity contribution in [3.8, 4) is 6.07 Å². The zero-order chi connectivity index (χ0) is 12.5. The van der Waals surface area contributed by atoms with Gasteiger partial charge in [0, 0.05) is 5.56 Å². The number of rotatable bonds is 2. The molecule has 17 heavy (non-hydrogen) atoms. The molecule has 1 aromatic rings. The van der Waals surface area contributed by atoms with E-state index in [1.807, 2.05) is 0 Å². The number of aliphatic hydroxyl groups excluding tert-OH is 1. The Morgan fingerprint density at radius 1 is 1.35 bits per heavy atom. The molecular weight excluding hydrogens is 214 g/mol. The van der Waals surface area contributed by atoms with Gasteiger partial charge in [-0.05, 0) is 37.2 Å². The van der Waals surface area contributed by atoms with Crippen molar-refractivity contribution >= 4 is 0 Å². The average Bonchev–Trinajstić information content (AvgIpc) is 2.82. The minimum absolute atomic E-state index is 0.288. The first-order chi connectivity index (χ1) is 7.99. The molecule has 0 aromatic carbocycles. The third-order valence-electron chi connectivity index (χ3n) is 4.10. The van der Waals surface area contributed by atoms with Crippen LogP contribution in [0.25, 0.3) is 0 Å². The number of hydrogen-bond donors (Lipinski definition) is 1. The van der Waals surface area contributed by atoms with Gasteiger partial charge in [-0.1, -0.05) is 13.8 Å². The highest BCUT2D eigenvalue weighted by molar-refractivity contribution is 5.19. The molecule has 0 bridgehead atoms. The maximum atomic E-state index is 10.4. The first-order valence-electron chi connectivity index (χ1n) is 6.11. The van der Waals surface area contributed by atoms with Gasteiger partial charge in [-0.25, -0.2) is 0 Å². The Balaban J connectivity index is 2.20. The van der Waals surface area contributed by atoms with E-state index < -0.39 is 11.5 Å². The summed E-state index contributed by atoms with van der Waals surface area (Å²) in [4.78, 5) is 0. The highest BCUT2D eigenvalue weighted by Gasteiger charge is 2.44. The summed E-state index contributed by atoms with van der Waals surface area (Å²) in [5, 5.41) is 19.8. The Kier molecular flexibility index (Phi) is 3.01. The van der Waals surface area contributed by atoms with Crippen molar-refractivity contribution in [2.45, 2.75) is 45.6 Å². The van der Waals surface area contributed by atoms with Crippen LogP contribution < -0.4 is 0 Å². The van der Waals surface area contributed by atoms with Crippen LogP contribution >= 0.6 is 0 Å². The van der Waals surface area contributed by atoms with E-state index in [2.05, 4.69) is 19.9 Å². The first kappa shape index (κ1) is 12.2. The summed E-state index contributed by atoms with van der Waals surface area (Å²) in [6, 6.07) is 4.09. The summed E-state index contributed by atoms with van der Waals surface area (Å²) in [6.45, 7) is 4.44. The lowest BCUT2D eigenvalue weighted by molar-refractivity contribution is 0.00924. The molecule has 3 heteroatoms. The lowest BCUT2D eigenvalue weighted by atomic mass is 9.63. The van der Waals surface area contributed by atoms with Gasteiger partial charge in [0.1, 0.15) is 6.10 Å². The average molecular weight is 233 g/mol. The molecular formula is C14H19NO2. The zero-order valence-electron chi connectivity index (χ0n) is 10.4. The van der Waals surface area contributed by atoms with Crippen LogP contribution in [0.3, 0.4) is 0 Å². The predicted octanol–water partition coefficient (Wildman–Crippen LogP) is 3.42. The van der Waals surface area contributed by atoms with Crippen LogP contribution in [0, 0.1) is 22.2 Å². The molecule has 2 rings (SSSR count). The van der Waals surface area contributed by atoms with Crippen LogP contribution in [0.1, 0.15) is 51.2 Å². The zero-order valence-corrected chi connectivity index (χ0v) is 10.4. The molecule has 0 aliphatic heterocycles. The van der Waals surface area contributed by atoms with E-state index in [-0.39, 0.29) is 5.41 Å². The van der Waals surface area contributed by atoms with Gasteiger partial charge in [0.05, 0.1) is 24.0 Å². The van der Waals surface area contributed by atoms with Crippen molar-refractivity contribution in [3.63, 3.8) is 0 Å². The second-order valence-corrected chi connectivity index (χ2v) is 5.89. The van der Waals surface area contributed by atoms with E-state index in [1.54, 1.807) is 6.07 Å². The maximum Gasteiger partial charge on any atom is 0.101 e. The van der Waals surface area contributed by atoms with Crippen LogP contribution in [0.5, 0.6) is 0 Å². The van der Waals surface area contributed by atoms with Crippen molar-refractivity contribution < 1.29 is 9.52 Å². The Bertz CT molecular complexity index is 404. The fourth-order valence-corrected chi connectivity index (χ4v) is 2.57. The fourth-order valence-electron chi connectivity index (χ4n) is 2.57. The van der Waals surface area contributed by atoms with E-state index in [0.717, 1.165) is 25.7 Å². The minimum atomic E-state index is -0.734. The number of nitrogens with zero attached hydrogens (tertiary/aromatic N) is 1. The smallest absolute Gasteiger partial charge is 0.101 e. The van der Waals surface area contributed by atoms with Crippen LogP contribution in [-0.4, -0.2) is 5.11 Å². The highest BCUT2D eigenvalue weighted by atomic mass is 16.3. The highest BCUT2D eigenvalue weighted by Crippen LogP contribution is 2.50. The summed E-state index contributed by atoms with van der Waals surface area (Å²) in [7, 11) is 0. The van der Waals surface area contributed by atoms with E-state index in [1.165, 1.54) is 12.5 Å². The molecule has 0 radical (unpaired) electrons. The number of furan rings is 1. The molecule has 1 aliphatic rings. The van der Waals surface area contributed by atoms with Gasteiger partial charge < -0.3 is 9.52 Å². The van der Waals surface area contributed by atoms with E-state index in [0.29, 0.717) is 5.56 Å². The number of hydrogen-bond acceptors (Lipinski definition) is 3. The third kappa shape index (κ3) is 2.23. The molecule has 1 N–H and O–H groups in total. The standard InChI is InChI=1S/C14H19NO2/c1-13(2)4-6-14(10-15,7-5-13)12(16)11-3-8-17-9-11/h3,8-9,12,16H,4-7H2,1-2H3. The molecule has 1 aromatic heterocycles. The van der Waals surface area contributed by atoms with Crippen LogP contribution in [0.4, 0.5) is 0 Å². The summed E-state index contributed by atoms with van der Waals surface area (Å²) < 4.78 is 4.99. The summed E-state index contributed by atoms with van der Waals surface area (Å²) in [5.41, 5.74) is 0.363. The summed E-state index contributed by atoms with van der Waals surface area (Å²) in [5.74, 6) is 0. The van der Waals surface area contributed by atoms with Crippen molar-refractivity contribution in [2.75, 3.05) is 0 Å². The van der Waals surface area contributed by atoms with Gasteiger partial charge in [0.2, 0.25) is 0 Å². The lowest BCUT2D eigenvalue weighted by Crippen LogP contribution is -2.35. The molecule has 1 fully saturated rings. The second-order valence-electron chi connectivity index (χ2n) is 5.89. The molecule has 1 atom stereocenters. The first-order valence-corrected chi connectivity index (χ1v) is 6.11. The largest absolute Gasteiger partial charge is 0.472 e. The topological polar surface area (TPSA) is 57.2 Å². The van der Waals surface area contributed by atoms with Crippen molar-refractivity contribution in [3.05, 3.63) is 24.2 Å². The van der Waals surface area contributed by atoms with E-state index in [9.17, 15) is 10.4 Å². The van der Waals surface area contributed by atoms with Crippen molar-refractivity contribution in [1.29, 1.82) is 5.26 Å². The predicted molar refractivity (Wildman–Crippen MR) is 64.0 cm³/mol. The quantitative estimate of drug-likeness (QED) is 0.851. The molecule has 0 saturated heterocycles. The molecule has 1 unspecified atom stereocenters. The minimum Gasteiger partial charge on any atom is -0.472 e. The Morgan fingerprint density at radius 2 is 2.00 bits per heavy atom. The Hall–Kier alpha value is -1.27. The summed E-state index contributed by atoms with van der Waals surface area (Å²) >= 11 is 0. The molecule has 1 aliphatic carbocycles. The van der Waals surface area contributed by atoms with E-state index in [4.69, 9.17) is 4.42 Å². The maximum absolute atomic E-state index is 10.4. The van der Waals surface area contributed by atoms with Gasteiger partial charge in [0.15, 0.2) is 0 Å². The molecule has 0 amide bonds. The second kappa shape index (κ2) is 4.19. The van der Waals surface area contributed by atoms with E-state index >= 15 is 0 Å². The fraction of sp³-hybridized carbons (Fsp3) is 0.643. The monoisotopic (exact) mass is 233 g/mol. The van der Waals surface area contributed by atoms with Gasteiger partial charge in [0.25, 0.3) is 0 Å². The van der Waals surface area contributed by atoms with Crippen molar-refractivity contribution in [2.24, 2.45) is 10.8 Å². The number of nitriles is 1. The molecule has 92 valence electrons. The Labute approximate surface area is 102 Å². The van der Waals surface area contributed by atoms with Crippen LogP contribution in [-0.2, 0) is 0 Å².